The Morgan fingerprint density at radius 3 is 2.84 bits per heavy atom. The van der Waals surface area contributed by atoms with Crippen LogP contribution in [0.5, 0.6) is 5.88 Å². The van der Waals surface area contributed by atoms with Gasteiger partial charge in [0.2, 0.25) is 5.88 Å². The Bertz CT molecular complexity index is 572. The number of nitrogens with one attached hydrogen (secondary N) is 1. The first-order chi connectivity index (χ1) is 9.11. The lowest BCUT2D eigenvalue weighted by Gasteiger charge is -2.13. The molecular weight excluding hydrogens is 314 g/mol. The van der Waals surface area contributed by atoms with Gasteiger partial charge in [0.25, 0.3) is 0 Å². The monoisotopic (exact) mass is 325 g/mol. The number of carbonyl (C=O) groups is 1. The predicted octanol–water partition coefficient (Wildman–Crippen LogP) is 2.49. The Morgan fingerprint density at radius 2 is 2.26 bits per heavy atom. The zero-order valence-corrected chi connectivity index (χ0v) is 12.0. The van der Waals surface area contributed by atoms with Crippen LogP contribution in [-0.4, -0.2) is 28.0 Å². The minimum atomic E-state index is -0.446. The van der Waals surface area contributed by atoms with Gasteiger partial charge >= 0.3 is 5.97 Å². The van der Waals surface area contributed by atoms with Gasteiger partial charge in [-0.1, -0.05) is 0 Å². The molecule has 2 aromatic heterocycles. The highest BCUT2D eigenvalue weighted by Crippen LogP contribution is 2.27. The highest BCUT2D eigenvalue weighted by Gasteiger charge is 2.15. The molecule has 0 spiro atoms. The number of rotatable bonds is 4. The van der Waals surface area contributed by atoms with Gasteiger partial charge in [-0.2, -0.15) is 0 Å². The van der Waals surface area contributed by atoms with Gasteiger partial charge in [0.1, 0.15) is 5.82 Å². The number of esters is 1. The molecule has 0 amide bonds. The molecule has 1 atom stereocenters. The summed E-state index contributed by atoms with van der Waals surface area (Å²) >= 11 is 3.31. The molecule has 2 heterocycles. The van der Waals surface area contributed by atoms with Crippen LogP contribution in [0.15, 0.2) is 29.1 Å². The van der Waals surface area contributed by atoms with Crippen LogP contribution >= 0.6 is 15.9 Å². The van der Waals surface area contributed by atoms with E-state index < -0.39 is 5.97 Å². The molecule has 0 aliphatic rings. The van der Waals surface area contributed by atoms with E-state index in [1.807, 2.05) is 6.92 Å². The van der Waals surface area contributed by atoms with Gasteiger partial charge in [-0.3, -0.25) is 0 Å². The van der Waals surface area contributed by atoms with Crippen molar-refractivity contribution >= 4 is 21.9 Å². The molecule has 100 valence electrons. The second-order valence-corrected chi connectivity index (χ2v) is 4.59. The van der Waals surface area contributed by atoms with E-state index in [0.717, 1.165) is 0 Å². The maximum absolute atomic E-state index is 11.3. The summed E-state index contributed by atoms with van der Waals surface area (Å²) < 4.78 is 10.8. The Morgan fingerprint density at radius 1 is 1.47 bits per heavy atom. The highest BCUT2D eigenvalue weighted by molar-refractivity contribution is 9.10. The average Bonchev–Trinajstić information content (AvgIpc) is 2.94. The van der Waals surface area contributed by atoms with Crippen LogP contribution in [0.2, 0.25) is 0 Å². The third kappa shape index (κ3) is 3.11. The van der Waals surface area contributed by atoms with Crippen LogP contribution < -0.4 is 4.74 Å². The number of pyridine rings is 1. The molecule has 0 bridgehead atoms. The Balaban J connectivity index is 2.15. The molecule has 0 saturated heterocycles. The van der Waals surface area contributed by atoms with Crippen LogP contribution in [0.25, 0.3) is 0 Å². The van der Waals surface area contributed by atoms with E-state index >= 15 is 0 Å². The highest BCUT2D eigenvalue weighted by atomic mass is 79.9. The van der Waals surface area contributed by atoms with Crippen molar-refractivity contribution in [2.45, 2.75) is 13.0 Å². The van der Waals surface area contributed by atoms with Crippen LogP contribution in [0, 0.1) is 0 Å². The lowest BCUT2D eigenvalue weighted by molar-refractivity contribution is 0.0600. The molecule has 0 fully saturated rings. The summed E-state index contributed by atoms with van der Waals surface area (Å²) in [6, 6.07) is 1.60. The lowest BCUT2D eigenvalue weighted by Crippen LogP contribution is -2.08. The smallest absolute Gasteiger partial charge is 0.339 e. The largest absolute Gasteiger partial charge is 0.466 e. The number of hydrogen-bond donors (Lipinski definition) is 1. The van der Waals surface area contributed by atoms with Crippen molar-refractivity contribution in [1.82, 2.24) is 15.0 Å². The summed E-state index contributed by atoms with van der Waals surface area (Å²) in [6.07, 6.45) is 4.50. The van der Waals surface area contributed by atoms with Gasteiger partial charge in [0.15, 0.2) is 6.10 Å². The fourth-order valence-corrected chi connectivity index (χ4v) is 1.91. The molecule has 1 unspecified atom stereocenters. The van der Waals surface area contributed by atoms with E-state index in [1.165, 1.54) is 13.3 Å². The van der Waals surface area contributed by atoms with E-state index in [2.05, 4.69) is 35.6 Å². The summed E-state index contributed by atoms with van der Waals surface area (Å²) in [5.41, 5.74) is 0.354. The quantitative estimate of drug-likeness (QED) is 0.874. The van der Waals surface area contributed by atoms with Crippen molar-refractivity contribution in [3.05, 3.63) is 40.5 Å². The normalized spacial score (nSPS) is 11.9. The number of aromatic nitrogens is 3. The van der Waals surface area contributed by atoms with E-state index in [4.69, 9.17) is 4.74 Å². The lowest BCUT2D eigenvalue weighted by atomic mass is 10.3. The van der Waals surface area contributed by atoms with Gasteiger partial charge < -0.3 is 14.5 Å². The van der Waals surface area contributed by atoms with Crippen LogP contribution in [-0.2, 0) is 4.74 Å². The maximum atomic E-state index is 11.3. The summed E-state index contributed by atoms with van der Waals surface area (Å²) in [5.74, 6) is 0.640. The van der Waals surface area contributed by atoms with E-state index in [-0.39, 0.29) is 6.10 Å². The summed E-state index contributed by atoms with van der Waals surface area (Å²) in [5, 5.41) is 0. The average molecular weight is 326 g/mol. The fourth-order valence-electron chi connectivity index (χ4n) is 1.46. The van der Waals surface area contributed by atoms with Crippen molar-refractivity contribution in [1.29, 1.82) is 0 Å². The number of ether oxygens (including phenoxy) is 2. The van der Waals surface area contributed by atoms with E-state index in [0.29, 0.717) is 21.7 Å². The topological polar surface area (TPSA) is 77.1 Å². The van der Waals surface area contributed by atoms with Crippen molar-refractivity contribution in [2.75, 3.05) is 7.11 Å². The predicted molar refractivity (Wildman–Crippen MR) is 70.9 cm³/mol. The Labute approximate surface area is 118 Å². The number of methoxy groups -OCH3 is 1. The first kappa shape index (κ1) is 13.5. The summed E-state index contributed by atoms with van der Waals surface area (Å²) in [7, 11) is 1.32. The van der Waals surface area contributed by atoms with E-state index in [1.54, 1.807) is 18.5 Å². The third-order valence-electron chi connectivity index (χ3n) is 2.42. The molecule has 6 nitrogen and oxygen atoms in total. The molecule has 0 aliphatic heterocycles. The third-order valence-corrected chi connectivity index (χ3v) is 2.99. The molecule has 0 aliphatic carbocycles. The zero-order chi connectivity index (χ0) is 13.8. The molecular formula is C12H12BrN3O3. The van der Waals surface area contributed by atoms with Gasteiger partial charge in [0, 0.05) is 18.6 Å². The SMILES string of the molecule is COC(=O)c1cnc(OC(C)c2ncc[nH]2)c(Br)c1. The van der Waals surface area contributed by atoms with Gasteiger partial charge in [0.05, 0.1) is 17.1 Å². The Hall–Kier alpha value is -1.89. The van der Waals surface area contributed by atoms with Crippen LogP contribution in [0.3, 0.4) is 0 Å². The fraction of sp³-hybridized carbons (Fsp3) is 0.250. The number of H-pyrrole nitrogens is 1. The van der Waals surface area contributed by atoms with E-state index in [9.17, 15) is 4.79 Å². The summed E-state index contributed by atoms with van der Waals surface area (Å²) in [6.45, 7) is 1.85. The van der Waals surface area contributed by atoms with Crippen molar-refractivity contribution in [2.24, 2.45) is 0 Å². The van der Waals surface area contributed by atoms with Gasteiger partial charge in [-0.25, -0.2) is 14.8 Å². The molecule has 2 aromatic rings. The molecule has 0 saturated carbocycles. The second kappa shape index (κ2) is 5.83. The van der Waals surface area contributed by atoms with Gasteiger partial charge in [-0.05, 0) is 28.9 Å². The first-order valence-electron chi connectivity index (χ1n) is 5.51. The molecule has 7 heteroatoms. The minimum absolute atomic E-state index is 0.275. The molecule has 1 N–H and O–H groups in total. The van der Waals surface area contributed by atoms with Gasteiger partial charge in [-0.15, -0.1) is 0 Å². The molecule has 19 heavy (non-hydrogen) atoms. The zero-order valence-electron chi connectivity index (χ0n) is 10.4. The summed E-state index contributed by atoms with van der Waals surface area (Å²) in [4.78, 5) is 22.5. The first-order valence-corrected chi connectivity index (χ1v) is 6.31. The van der Waals surface area contributed by atoms with Crippen molar-refractivity contribution in [3.8, 4) is 5.88 Å². The number of aromatic amines is 1. The van der Waals surface area contributed by atoms with Crippen LogP contribution in [0.4, 0.5) is 0 Å². The molecule has 0 radical (unpaired) electrons. The number of carbonyl (C=O) groups excluding carboxylic acids is 1. The van der Waals surface area contributed by atoms with Crippen molar-refractivity contribution in [3.63, 3.8) is 0 Å². The Kier molecular flexibility index (Phi) is 4.16. The number of imidazole rings is 1. The number of halogens is 1. The van der Waals surface area contributed by atoms with Crippen LogP contribution in [0.1, 0.15) is 29.2 Å². The minimum Gasteiger partial charge on any atom is -0.466 e. The molecule has 0 aromatic carbocycles. The maximum Gasteiger partial charge on any atom is 0.339 e. The van der Waals surface area contributed by atoms with Crippen molar-refractivity contribution < 1.29 is 14.3 Å². The number of nitrogens with zero attached hydrogens (tertiary/aromatic N) is 2. The second-order valence-electron chi connectivity index (χ2n) is 3.74. The standard InChI is InChI=1S/C12H12BrN3O3/c1-7(10-14-3-4-15-10)19-11-9(13)5-8(6-16-11)12(17)18-2/h3-7H,1-2H3,(H,14,15). The molecule has 2 rings (SSSR count). The number of hydrogen-bond acceptors (Lipinski definition) is 5.